The van der Waals surface area contributed by atoms with Crippen molar-refractivity contribution in [1.29, 1.82) is 0 Å². The zero-order valence-electron chi connectivity index (χ0n) is 14.9. The van der Waals surface area contributed by atoms with Gasteiger partial charge in [0.25, 0.3) is 0 Å². The van der Waals surface area contributed by atoms with Crippen LogP contribution in [0.4, 0.5) is 4.39 Å². The fourth-order valence-corrected chi connectivity index (χ4v) is 3.16. The van der Waals surface area contributed by atoms with Gasteiger partial charge in [-0.25, -0.2) is 10.2 Å². The van der Waals surface area contributed by atoms with Gasteiger partial charge >= 0.3 is 0 Å². The standard InChI is InChI=1S/C21H23FN4/c1-14(2)21(26(24)12-11-23)20-10-6-17-13-16(5-9-19(17)25-20)15-3-7-18(22)8-4-15/h3-14,21H,23-24H2,1-2H3/b12-11-. The van der Waals surface area contributed by atoms with Crippen molar-refractivity contribution in [3.8, 4) is 11.1 Å². The van der Waals surface area contributed by atoms with Gasteiger partial charge in [-0.1, -0.05) is 38.1 Å². The van der Waals surface area contributed by atoms with Gasteiger partial charge in [-0.3, -0.25) is 4.98 Å². The van der Waals surface area contributed by atoms with E-state index < -0.39 is 0 Å². The fourth-order valence-electron chi connectivity index (χ4n) is 3.16. The number of fused-ring (bicyclic) bond motifs is 1. The summed E-state index contributed by atoms with van der Waals surface area (Å²) in [5.41, 5.74) is 9.25. The van der Waals surface area contributed by atoms with Crippen LogP contribution in [-0.4, -0.2) is 9.99 Å². The zero-order chi connectivity index (χ0) is 18.7. The summed E-state index contributed by atoms with van der Waals surface area (Å²) in [4.78, 5) is 4.79. The van der Waals surface area contributed by atoms with Crippen molar-refractivity contribution in [1.82, 2.24) is 9.99 Å². The lowest BCUT2D eigenvalue weighted by molar-refractivity contribution is 0.222. The Kier molecular flexibility index (Phi) is 5.19. The number of hydrazine groups is 1. The van der Waals surface area contributed by atoms with Crippen molar-refractivity contribution >= 4 is 10.9 Å². The Hall–Kier alpha value is -2.92. The molecule has 0 fully saturated rings. The molecule has 4 nitrogen and oxygen atoms in total. The first-order chi connectivity index (χ1) is 12.5. The molecule has 0 aliphatic carbocycles. The fraction of sp³-hybridized carbons (Fsp3) is 0.190. The molecule has 5 heteroatoms. The summed E-state index contributed by atoms with van der Waals surface area (Å²) < 4.78 is 13.1. The van der Waals surface area contributed by atoms with Gasteiger partial charge in [-0.15, -0.1) is 0 Å². The Bertz CT molecular complexity index is 919. The third-order valence-corrected chi connectivity index (χ3v) is 4.40. The van der Waals surface area contributed by atoms with E-state index >= 15 is 0 Å². The first-order valence-corrected chi connectivity index (χ1v) is 8.57. The zero-order valence-corrected chi connectivity index (χ0v) is 14.9. The average Bonchev–Trinajstić information content (AvgIpc) is 2.62. The van der Waals surface area contributed by atoms with E-state index in [1.165, 1.54) is 18.3 Å². The van der Waals surface area contributed by atoms with E-state index in [9.17, 15) is 4.39 Å². The molecule has 1 aromatic heterocycles. The molecule has 1 heterocycles. The highest BCUT2D eigenvalue weighted by Gasteiger charge is 2.21. The van der Waals surface area contributed by atoms with E-state index in [2.05, 4.69) is 19.9 Å². The lowest BCUT2D eigenvalue weighted by atomic mass is 9.98. The number of aromatic nitrogens is 1. The van der Waals surface area contributed by atoms with E-state index in [4.69, 9.17) is 16.6 Å². The van der Waals surface area contributed by atoms with Crippen LogP contribution in [0.3, 0.4) is 0 Å². The number of rotatable bonds is 5. The Labute approximate surface area is 152 Å². The van der Waals surface area contributed by atoms with E-state index in [-0.39, 0.29) is 17.8 Å². The Morgan fingerprint density at radius 3 is 2.35 bits per heavy atom. The summed E-state index contributed by atoms with van der Waals surface area (Å²) in [6, 6.07) is 16.5. The summed E-state index contributed by atoms with van der Waals surface area (Å²) in [5, 5.41) is 2.61. The average molecular weight is 350 g/mol. The van der Waals surface area contributed by atoms with Crippen molar-refractivity contribution in [2.24, 2.45) is 17.5 Å². The SMILES string of the molecule is CC(C)C(c1ccc2cc(-c3ccc(F)cc3)ccc2n1)N(N)/C=C\N. The van der Waals surface area contributed by atoms with Crippen LogP contribution in [0.25, 0.3) is 22.0 Å². The van der Waals surface area contributed by atoms with Crippen LogP contribution in [0.5, 0.6) is 0 Å². The summed E-state index contributed by atoms with van der Waals surface area (Å²) in [6.45, 7) is 4.19. The van der Waals surface area contributed by atoms with Crippen LogP contribution in [0.1, 0.15) is 25.6 Å². The molecule has 3 aromatic rings. The molecular formula is C21H23FN4. The predicted octanol–water partition coefficient (Wildman–Crippen LogP) is 4.34. The van der Waals surface area contributed by atoms with Crippen LogP contribution in [-0.2, 0) is 0 Å². The molecule has 0 bridgehead atoms. The molecule has 0 radical (unpaired) electrons. The number of nitrogens with zero attached hydrogens (tertiary/aromatic N) is 2. The number of halogens is 1. The highest BCUT2D eigenvalue weighted by atomic mass is 19.1. The molecule has 2 aromatic carbocycles. The molecule has 1 atom stereocenters. The molecule has 0 aliphatic rings. The minimum absolute atomic E-state index is 0.0732. The first kappa shape index (κ1) is 17.9. The van der Waals surface area contributed by atoms with Crippen LogP contribution in [0.2, 0.25) is 0 Å². The molecule has 1 unspecified atom stereocenters. The van der Waals surface area contributed by atoms with Crippen LogP contribution in [0, 0.1) is 11.7 Å². The number of benzene rings is 2. The Morgan fingerprint density at radius 2 is 1.69 bits per heavy atom. The Morgan fingerprint density at radius 1 is 1.00 bits per heavy atom. The molecule has 26 heavy (non-hydrogen) atoms. The quantitative estimate of drug-likeness (QED) is 0.530. The molecule has 4 N–H and O–H groups in total. The molecule has 134 valence electrons. The molecule has 0 aliphatic heterocycles. The van der Waals surface area contributed by atoms with Crippen molar-refractivity contribution in [3.63, 3.8) is 0 Å². The molecule has 0 saturated heterocycles. The molecular weight excluding hydrogens is 327 g/mol. The van der Waals surface area contributed by atoms with Gasteiger partial charge in [0.15, 0.2) is 0 Å². The van der Waals surface area contributed by atoms with Gasteiger partial charge in [-0.2, -0.15) is 0 Å². The smallest absolute Gasteiger partial charge is 0.123 e. The summed E-state index contributed by atoms with van der Waals surface area (Å²) in [6.07, 6.45) is 3.07. The molecule has 0 spiro atoms. The topological polar surface area (TPSA) is 68.2 Å². The summed E-state index contributed by atoms with van der Waals surface area (Å²) in [7, 11) is 0. The van der Waals surface area contributed by atoms with Crippen molar-refractivity contribution in [3.05, 3.63) is 78.5 Å². The molecule has 0 amide bonds. The highest BCUT2D eigenvalue weighted by molar-refractivity contribution is 5.84. The second kappa shape index (κ2) is 7.54. The monoisotopic (exact) mass is 350 g/mol. The second-order valence-corrected chi connectivity index (χ2v) is 6.63. The molecule has 0 saturated carbocycles. The normalized spacial score (nSPS) is 12.8. The number of nitrogens with two attached hydrogens (primary N) is 2. The molecule has 3 rings (SSSR count). The third-order valence-electron chi connectivity index (χ3n) is 4.40. The van der Waals surface area contributed by atoms with Gasteiger partial charge in [0.1, 0.15) is 5.82 Å². The number of hydrogen-bond donors (Lipinski definition) is 2. The van der Waals surface area contributed by atoms with Gasteiger partial charge in [0.05, 0.1) is 17.3 Å². The van der Waals surface area contributed by atoms with E-state index in [0.29, 0.717) is 0 Å². The predicted molar refractivity (Wildman–Crippen MR) is 104 cm³/mol. The number of hydrogen-bond acceptors (Lipinski definition) is 4. The largest absolute Gasteiger partial charge is 0.403 e. The summed E-state index contributed by atoms with van der Waals surface area (Å²) in [5.74, 6) is 6.14. The maximum absolute atomic E-state index is 13.1. The van der Waals surface area contributed by atoms with E-state index in [1.807, 2.05) is 24.3 Å². The van der Waals surface area contributed by atoms with Crippen molar-refractivity contribution in [2.45, 2.75) is 19.9 Å². The first-order valence-electron chi connectivity index (χ1n) is 8.57. The van der Waals surface area contributed by atoms with Crippen LogP contribution in [0.15, 0.2) is 67.0 Å². The van der Waals surface area contributed by atoms with E-state index in [0.717, 1.165) is 27.7 Å². The lowest BCUT2D eigenvalue weighted by Crippen LogP contribution is -2.34. The minimum Gasteiger partial charge on any atom is -0.403 e. The van der Waals surface area contributed by atoms with Crippen LogP contribution < -0.4 is 11.6 Å². The third kappa shape index (κ3) is 3.68. The highest BCUT2D eigenvalue weighted by Crippen LogP contribution is 2.29. The van der Waals surface area contributed by atoms with Crippen molar-refractivity contribution in [2.75, 3.05) is 0 Å². The van der Waals surface area contributed by atoms with Gasteiger partial charge < -0.3 is 10.7 Å². The van der Waals surface area contributed by atoms with Gasteiger partial charge in [0.2, 0.25) is 0 Å². The lowest BCUT2D eigenvalue weighted by Gasteiger charge is -2.29. The maximum atomic E-state index is 13.1. The minimum atomic E-state index is -0.238. The second-order valence-electron chi connectivity index (χ2n) is 6.63. The van der Waals surface area contributed by atoms with Crippen molar-refractivity contribution < 1.29 is 4.39 Å². The maximum Gasteiger partial charge on any atom is 0.123 e. The Balaban J connectivity index is 1.99. The van der Waals surface area contributed by atoms with E-state index in [1.54, 1.807) is 23.3 Å². The van der Waals surface area contributed by atoms with Gasteiger partial charge in [0, 0.05) is 17.8 Å². The van der Waals surface area contributed by atoms with Crippen LogP contribution >= 0.6 is 0 Å². The summed E-state index contributed by atoms with van der Waals surface area (Å²) >= 11 is 0. The number of pyridine rings is 1. The van der Waals surface area contributed by atoms with Gasteiger partial charge in [-0.05, 0) is 47.4 Å².